The molecule has 0 saturated carbocycles. The molecule has 1 saturated heterocycles. The van der Waals surface area contributed by atoms with Crippen LogP contribution in [-0.4, -0.2) is 25.2 Å². The molecule has 3 rings (SSSR count). The molecule has 2 amide bonds. The normalized spacial score (nSPS) is 16.6. The molecule has 0 aliphatic carbocycles. The summed E-state index contributed by atoms with van der Waals surface area (Å²) >= 11 is 0. The van der Waals surface area contributed by atoms with Gasteiger partial charge in [0.05, 0.1) is 11.4 Å². The van der Waals surface area contributed by atoms with Gasteiger partial charge in [0.15, 0.2) is 0 Å². The Bertz CT molecular complexity index is 546. The third-order valence-electron chi connectivity index (χ3n) is 3.62. The van der Waals surface area contributed by atoms with Crippen LogP contribution in [0.2, 0.25) is 0 Å². The SMILES string of the molecule is Cl.O=C(NC1CCNC1)N(c1ccccc1)c1ccccc1. The number of anilines is 2. The summed E-state index contributed by atoms with van der Waals surface area (Å²) in [5, 5.41) is 6.36. The molecule has 4 nitrogen and oxygen atoms in total. The lowest BCUT2D eigenvalue weighted by atomic mass is 10.2. The van der Waals surface area contributed by atoms with Gasteiger partial charge in [0, 0.05) is 12.6 Å². The maximum absolute atomic E-state index is 12.7. The number of para-hydroxylation sites is 2. The number of nitrogens with zero attached hydrogens (tertiary/aromatic N) is 1. The lowest BCUT2D eigenvalue weighted by Crippen LogP contribution is -2.43. The van der Waals surface area contributed by atoms with Crippen LogP contribution in [0, 0.1) is 0 Å². The number of rotatable bonds is 3. The van der Waals surface area contributed by atoms with E-state index >= 15 is 0 Å². The number of halogens is 1. The number of nitrogens with one attached hydrogen (secondary N) is 2. The molecule has 2 N–H and O–H groups in total. The molecule has 2 aromatic carbocycles. The Morgan fingerprint density at radius 1 is 1.00 bits per heavy atom. The molecule has 1 aliphatic heterocycles. The fourth-order valence-corrected chi connectivity index (χ4v) is 2.55. The standard InChI is InChI=1S/C17H19N3O.ClH/c21-17(19-14-11-12-18-13-14)20(15-7-3-1-4-8-15)16-9-5-2-6-10-16;/h1-10,14,18H,11-13H2,(H,19,21);1H. The summed E-state index contributed by atoms with van der Waals surface area (Å²) in [5.74, 6) is 0. The van der Waals surface area contributed by atoms with Gasteiger partial charge in [-0.15, -0.1) is 12.4 Å². The summed E-state index contributed by atoms with van der Waals surface area (Å²) in [6.45, 7) is 1.80. The maximum Gasteiger partial charge on any atom is 0.326 e. The second-order valence-electron chi connectivity index (χ2n) is 5.15. The lowest BCUT2D eigenvalue weighted by Gasteiger charge is -2.25. The van der Waals surface area contributed by atoms with Crippen LogP contribution in [0.25, 0.3) is 0 Å². The predicted molar refractivity (Wildman–Crippen MR) is 92.1 cm³/mol. The highest BCUT2D eigenvalue weighted by atomic mass is 35.5. The van der Waals surface area contributed by atoms with Gasteiger partial charge in [0.1, 0.15) is 0 Å². The lowest BCUT2D eigenvalue weighted by molar-refractivity contribution is 0.245. The number of carbonyl (C=O) groups is 1. The van der Waals surface area contributed by atoms with Gasteiger partial charge in [-0.05, 0) is 37.2 Å². The Hall–Kier alpha value is -2.04. The summed E-state index contributed by atoms with van der Waals surface area (Å²) in [4.78, 5) is 14.4. The highest BCUT2D eigenvalue weighted by molar-refractivity contribution is 5.99. The van der Waals surface area contributed by atoms with Crippen LogP contribution in [0.1, 0.15) is 6.42 Å². The second kappa shape index (κ2) is 7.82. The summed E-state index contributed by atoms with van der Waals surface area (Å²) in [6.07, 6.45) is 0.975. The average Bonchev–Trinajstić information content (AvgIpc) is 3.02. The zero-order valence-corrected chi connectivity index (χ0v) is 13.1. The predicted octanol–water partition coefficient (Wildman–Crippen LogP) is 3.32. The molecule has 1 atom stereocenters. The minimum Gasteiger partial charge on any atom is -0.333 e. The molecular weight excluding hydrogens is 298 g/mol. The smallest absolute Gasteiger partial charge is 0.326 e. The van der Waals surface area contributed by atoms with Crippen LogP contribution >= 0.6 is 12.4 Å². The summed E-state index contributed by atoms with van der Waals surface area (Å²) in [6, 6.07) is 19.6. The van der Waals surface area contributed by atoms with E-state index in [0.29, 0.717) is 0 Å². The first-order valence-electron chi connectivity index (χ1n) is 7.26. The van der Waals surface area contributed by atoms with E-state index in [1.54, 1.807) is 4.90 Å². The Morgan fingerprint density at radius 2 is 1.55 bits per heavy atom. The summed E-state index contributed by atoms with van der Waals surface area (Å²) in [5.41, 5.74) is 1.74. The van der Waals surface area contributed by atoms with E-state index in [2.05, 4.69) is 10.6 Å². The fraction of sp³-hybridized carbons (Fsp3) is 0.235. The topological polar surface area (TPSA) is 44.4 Å². The Balaban J connectivity index is 0.00000176. The molecular formula is C17H20ClN3O. The number of urea groups is 1. The summed E-state index contributed by atoms with van der Waals surface area (Å²) < 4.78 is 0. The number of carbonyl (C=O) groups excluding carboxylic acids is 1. The zero-order chi connectivity index (χ0) is 14.5. The van der Waals surface area contributed by atoms with Gasteiger partial charge < -0.3 is 10.6 Å². The highest BCUT2D eigenvalue weighted by Gasteiger charge is 2.22. The quantitative estimate of drug-likeness (QED) is 0.912. The number of hydrogen-bond acceptors (Lipinski definition) is 2. The number of benzene rings is 2. The van der Waals surface area contributed by atoms with Crippen LogP contribution in [-0.2, 0) is 0 Å². The van der Waals surface area contributed by atoms with Gasteiger partial charge in [0.25, 0.3) is 0 Å². The minimum atomic E-state index is -0.0823. The van der Waals surface area contributed by atoms with Crippen molar-refractivity contribution < 1.29 is 4.79 Å². The molecule has 1 heterocycles. The van der Waals surface area contributed by atoms with Gasteiger partial charge >= 0.3 is 6.03 Å². The van der Waals surface area contributed by atoms with E-state index in [-0.39, 0.29) is 24.5 Å². The molecule has 1 aliphatic rings. The minimum absolute atomic E-state index is 0. The second-order valence-corrected chi connectivity index (χ2v) is 5.15. The Labute approximate surface area is 136 Å². The first-order valence-corrected chi connectivity index (χ1v) is 7.26. The summed E-state index contributed by atoms with van der Waals surface area (Å²) in [7, 11) is 0. The van der Waals surface area contributed by atoms with E-state index in [1.807, 2.05) is 60.7 Å². The van der Waals surface area contributed by atoms with E-state index in [4.69, 9.17) is 0 Å². The molecule has 0 spiro atoms. The molecule has 5 heteroatoms. The third kappa shape index (κ3) is 3.78. The van der Waals surface area contributed by atoms with Gasteiger partial charge in [0.2, 0.25) is 0 Å². The van der Waals surface area contributed by atoms with E-state index in [9.17, 15) is 4.79 Å². The number of amides is 2. The van der Waals surface area contributed by atoms with Crippen molar-refractivity contribution in [2.24, 2.45) is 0 Å². The van der Waals surface area contributed by atoms with Gasteiger partial charge in [-0.2, -0.15) is 0 Å². The largest absolute Gasteiger partial charge is 0.333 e. The fourth-order valence-electron chi connectivity index (χ4n) is 2.55. The van der Waals surface area contributed by atoms with Crippen molar-refractivity contribution in [1.82, 2.24) is 10.6 Å². The van der Waals surface area contributed by atoms with Crippen LogP contribution in [0.4, 0.5) is 16.2 Å². The zero-order valence-electron chi connectivity index (χ0n) is 12.2. The van der Waals surface area contributed by atoms with Crippen LogP contribution in [0.3, 0.4) is 0 Å². The average molecular weight is 318 g/mol. The molecule has 1 unspecified atom stereocenters. The first kappa shape index (κ1) is 16.3. The molecule has 1 fully saturated rings. The van der Waals surface area contributed by atoms with E-state index in [1.165, 1.54) is 0 Å². The van der Waals surface area contributed by atoms with Crippen molar-refractivity contribution in [3.8, 4) is 0 Å². The molecule has 22 heavy (non-hydrogen) atoms. The van der Waals surface area contributed by atoms with Crippen molar-refractivity contribution in [3.05, 3.63) is 60.7 Å². The van der Waals surface area contributed by atoms with E-state index < -0.39 is 0 Å². The van der Waals surface area contributed by atoms with Crippen LogP contribution in [0.5, 0.6) is 0 Å². The molecule has 0 radical (unpaired) electrons. The Morgan fingerprint density at radius 3 is 2.00 bits per heavy atom. The van der Waals surface area contributed by atoms with Gasteiger partial charge in [-0.1, -0.05) is 36.4 Å². The van der Waals surface area contributed by atoms with Gasteiger partial charge in [-0.3, -0.25) is 4.90 Å². The highest BCUT2D eigenvalue weighted by Crippen LogP contribution is 2.25. The molecule has 116 valence electrons. The molecule has 0 aromatic heterocycles. The van der Waals surface area contributed by atoms with Crippen LogP contribution < -0.4 is 15.5 Å². The monoisotopic (exact) mass is 317 g/mol. The molecule has 0 bridgehead atoms. The first-order chi connectivity index (χ1) is 10.3. The number of hydrogen-bond donors (Lipinski definition) is 2. The van der Waals surface area contributed by atoms with Crippen molar-refractivity contribution >= 4 is 29.8 Å². The van der Waals surface area contributed by atoms with Crippen LogP contribution in [0.15, 0.2) is 60.7 Å². The Kier molecular flexibility index (Phi) is 5.81. The van der Waals surface area contributed by atoms with Gasteiger partial charge in [-0.25, -0.2) is 4.79 Å². The van der Waals surface area contributed by atoms with Crippen molar-refractivity contribution in [3.63, 3.8) is 0 Å². The van der Waals surface area contributed by atoms with Crippen molar-refractivity contribution in [2.75, 3.05) is 18.0 Å². The van der Waals surface area contributed by atoms with E-state index in [0.717, 1.165) is 30.9 Å². The van der Waals surface area contributed by atoms with Crippen molar-refractivity contribution in [2.45, 2.75) is 12.5 Å². The maximum atomic E-state index is 12.7. The van der Waals surface area contributed by atoms with Crippen molar-refractivity contribution in [1.29, 1.82) is 0 Å². The third-order valence-corrected chi connectivity index (χ3v) is 3.62. The molecule has 2 aromatic rings.